The lowest BCUT2D eigenvalue weighted by molar-refractivity contribution is -0.139. The molecule has 5 N–H and O–H groups in total. The van der Waals surface area contributed by atoms with Gasteiger partial charge in [-0.25, -0.2) is 0 Å². The van der Waals surface area contributed by atoms with E-state index < -0.39 is 11.9 Å². The molecule has 0 bridgehead atoms. The predicted molar refractivity (Wildman–Crippen MR) is 189 cm³/mol. The van der Waals surface area contributed by atoms with Crippen LogP contribution in [0.5, 0.6) is 0 Å². The van der Waals surface area contributed by atoms with E-state index in [0.717, 1.165) is 38.5 Å². The number of unbranched alkanes of at least 4 members (excludes halogenated alkanes) is 12. The summed E-state index contributed by atoms with van der Waals surface area (Å²) in [6, 6.07) is 0. The van der Waals surface area contributed by atoms with Crippen molar-refractivity contribution in [3.8, 4) is 0 Å². The van der Waals surface area contributed by atoms with Crippen molar-refractivity contribution in [3.05, 3.63) is 0 Å². The third kappa shape index (κ3) is 44.5. The van der Waals surface area contributed by atoms with Crippen LogP contribution in [0.2, 0.25) is 0 Å². The minimum Gasteiger partial charge on any atom is -0.481 e. The minimum atomic E-state index is -0.785. The molecule has 0 radical (unpaired) electrons. The molecule has 0 fully saturated rings. The largest absolute Gasteiger partial charge is 0.481 e. The normalized spacial score (nSPS) is 12.0. The predicted octanol–water partition coefficient (Wildman–Crippen LogP) is 9.35. The van der Waals surface area contributed by atoms with E-state index >= 15 is 0 Å². The van der Waals surface area contributed by atoms with Crippen LogP contribution in [0.15, 0.2) is 0 Å². The molecule has 0 saturated carbocycles. The molecule has 0 aromatic rings. The first-order valence-corrected chi connectivity index (χ1v) is 18.2. The van der Waals surface area contributed by atoms with Crippen LogP contribution < -0.4 is 11.1 Å². The smallest absolute Gasteiger partial charge is 0.303 e. The third-order valence-electron chi connectivity index (χ3n) is 7.44. The zero-order chi connectivity index (χ0) is 34.9. The van der Waals surface area contributed by atoms with Gasteiger partial charge in [-0.2, -0.15) is 0 Å². The lowest BCUT2D eigenvalue weighted by atomic mass is 9.94. The van der Waals surface area contributed by atoms with Crippen LogP contribution in [0.1, 0.15) is 170 Å². The highest BCUT2D eigenvalue weighted by Crippen LogP contribution is 2.16. The van der Waals surface area contributed by atoms with E-state index in [1.54, 1.807) is 0 Å². The molecule has 0 aliphatic heterocycles. The Bertz CT molecular complexity index is 718. The van der Waals surface area contributed by atoms with Crippen LogP contribution in [-0.2, 0) is 19.2 Å². The van der Waals surface area contributed by atoms with Crippen molar-refractivity contribution in [3.63, 3.8) is 0 Å². The lowest BCUT2D eigenvalue weighted by Gasteiger charge is -2.17. The van der Waals surface area contributed by atoms with Crippen LogP contribution in [-0.4, -0.2) is 46.4 Å². The standard InChI is InChI=1S/C18H35NO3.C10H19ClO.C8H17NO2/c1-4-5-6-7-8-9-10-11-17(20)19-14-16(12-15(2)3)13-18(21)22;1-2-3-4-5-6-7-8-9-10(11)12;1-6(2)3-7(5-9)4-8(10)11/h15-16H,4-14H2,1-3H3,(H,19,20)(H,21,22);2-9H2,1H3;6-7H,3-5,9H2,1-2H3,(H,10,11)/t16-;;7-/m0.0/s1. The van der Waals surface area contributed by atoms with E-state index in [-0.39, 0.29) is 35.8 Å². The highest BCUT2D eigenvalue weighted by molar-refractivity contribution is 6.63. The monoisotopic (exact) mass is 663 g/mol. The summed E-state index contributed by atoms with van der Waals surface area (Å²) in [6.07, 6.45) is 20.2. The Hall–Kier alpha value is -1.67. The van der Waals surface area contributed by atoms with Gasteiger partial charge >= 0.3 is 11.9 Å². The zero-order valence-corrected chi connectivity index (χ0v) is 30.6. The number of hydrogen-bond acceptors (Lipinski definition) is 5. The molecular weight excluding hydrogens is 592 g/mol. The van der Waals surface area contributed by atoms with E-state index in [9.17, 15) is 19.2 Å². The summed E-state index contributed by atoms with van der Waals surface area (Å²) in [5, 5.41) is 20.1. The SMILES string of the molecule is CC(C)C[C@H](CN)CC(=O)O.CCCCCCCCCC(=O)Cl.CCCCCCCCCC(=O)NC[C@H](CC(=O)O)CC(C)C. The maximum atomic E-state index is 11.8. The van der Waals surface area contributed by atoms with Gasteiger partial charge in [-0.3, -0.25) is 19.2 Å². The van der Waals surface area contributed by atoms with E-state index in [0.29, 0.717) is 37.8 Å². The van der Waals surface area contributed by atoms with Gasteiger partial charge in [0.1, 0.15) is 0 Å². The van der Waals surface area contributed by atoms with Crippen LogP contribution in [0.4, 0.5) is 0 Å². The molecule has 268 valence electrons. The van der Waals surface area contributed by atoms with Gasteiger partial charge in [-0.05, 0) is 67.5 Å². The molecule has 0 unspecified atom stereocenters. The second kappa shape index (κ2) is 35.2. The summed E-state index contributed by atoms with van der Waals surface area (Å²) in [6.45, 7) is 13.7. The summed E-state index contributed by atoms with van der Waals surface area (Å²) in [5.41, 5.74) is 5.41. The van der Waals surface area contributed by atoms with Gasteiger partial charge in [0.15, 0.2) is 0 Å². The van der Waals surface area contributed by atoms with Crippen molar-refractivity contribution in [1.29, 1.82) is 0 Å². The van der Waals surface area contributed by atoms with Gasteiger partial charge in [0.05, 0.1) is 0 Å². The zero-order valence-electron chi connectivity index (χ0n) is 29.8. The van der Waals surface area contributed by atoms with E-state index in [2.05, 4.69) is 46.9 Å². The highest BCUT2D eigenvalue weighted by Gasteiger charge is 2.16. The Morgan fingerprint density at radius 2 is 1.00 bits per heavy atom. The van der Waals surface area contributed by atoms with Crippen molar-refractivity contribution >= 4 is 34.7 Å². The van der Waals surface area contributed by atoms with E-state index in [1.807, 2.05) is 0 Å². The fraction of sp³-hybridized carbons (Fsp3) is 0.889. The number of nitrogens with one attached hydrogen (secondary N) is 1. The van der Waals surface area contributed by atoms with Gasteiger partial charge in [0, 0.05) is 32.2 Å². The Morgan fingerprint density at radius 1 is 0.622 bits per heavy atom. The molecule has 0 aromatic carbocycles. The summed E-state index contributed by atoms with van der Waals surface area (Å²) < 4.78 is 0. The summed E-state index contributed by atoms with van der Waals surface area (Å²) in [4.78, 5) is 43.3. The quantitative estimate of drug-likeness (QED) is 0.0506. The summed E-state index contributed by atoms with van der Waals surface area (Å²) in [5.74, 6) is -0.309. The molecule has 0 spiro atoms. The molecule has 1 amide bonds. The minimum absolute atomic E-state index is 0.0375. The molecule has 45 heavy (non-hydrogen) atoms. The highest BCUT2D eigenvalue weighted by atomic mass is 35.5. The number of hydrogen-bond donors (Lipinski definition) is 4. The molecule has 0 rings (SSSR count). The summed E-state index contributed by atoms with van der Waals surface area (Å²) in [7, 11) is 0. The maximum Gasteiger partial charge on any atom is 0.303 e. The Kier molecular flexibility index (Phi) is 37.3. The fourth-order valence-electron chi connectivity index (χ4n) is 5.14. The topological polar surface area (TPSA) is 147 Å². The van der Waals surface area contributed by atoms with E-state index in [4.69, 9.17) is 27.5 Å². The van der Waals surface area contributed by atoms with Crippen LogP contribution in [0.25, 0.3) is 0 Å². The molecule has 9 heteroatoms. The first kappa shape index (κ1) is 47.7. The first-order valence-electron chi connectivity index (χ1n) is 17.9. The number of aliphatic carboxylic acids is 2. The average molecular weight is 663 g/mol. The number of carboxylic acid groups (broad SMARTS) is 2. The number of carboxylic acids is 2. The van der Waals surface area contributed by atoms with Crippen LogP contribution >= 0.6 is 11.6 Å². The third-order valence-corrected chi connectivity index (χ3v) is 7.63. The van der Waals surface area contributed by atoms with Gasteiger partial charge < -0.3 is 21.3 Å². The second-order valence-corrected chi connectivity index (χ2v) is 13.7. The molecule has 0 aliphatic rings. The van der Waals surface area contributed by atoms with Crippen molar-refractivity contribution in [2.45, 2.75) is 170 Å². The lowest BCUT2D eigenvalue weighted by Crippen LogP contribution is -2.30. The fourth-order valence-corrected chi connectivity index (χ4v) is 5.27. The molecule has 8 nitrogen and oxygen atoms in total. The van der Waals surface area contributed by atoms with Gasteiger partial charge in [-0.1, -0.05) is 119 Å². The van der Waals surface area contributed by atoms with E-state index in [1.165, 1.54) is 64.2 Å². The number of nitrogens with two attached hydrogens (primary N) is 1. The van der Waals surface area contributed by atoms with Crippen molar-refractivity contribution < 1.29 is 29.4 Å². The average Bonchev–Trinajstić information content (AvgIpc) is 2.94. The van der Waals surface area contributed by atoms with Crippen LogP contribution in [0, 0.1) is 23.7 Å². The molecule has 0 aromatic heterocycles. The molecular formula is C36H71ClN2O6. The second-order valence-electron chi connectivity index (χ2n) is 13.3. The van der Waals surface area contributed by atoms with Crippen molar-refractivity contribution in [1.82, 2.24) is 5.32 Å². The molecule has 0 aliphatic carbocycles. The Morgan fingerprint density at radius 3 is 1.38 bits per heavy atom. The number of halogens is 1. The maximum absolute atomic E-state index is 11.8. The number of rotatable bonds is 27. The Balaban J connectivity index is -0.000000647. The number of carbonyl (C=O) groups is 4. The van der Waals surface area contributed by atoms with Crippen molar-refractivity contribution in [2.75, 3.05) is 13.1 Å². The Labute approximate surface area is 281 Å². The van der Waals surface area contributed by atoms with Gasteiger partial charge in [0.25, 0.3) is 0 Å². The van der Waals surface area contributed by atoms with Gasteiger partial charge in [-0.15, -0.1) is 0 Å². The van der Waals surface area contributed by atoms with Crippen LogP contribution in [0.3, 0.4) is 0 Å². The van der Waals surface area contributed by atoms with Gasteiger partial charge in [0.2, 0.25) is 11.1 Å². The first-order chi connectivity index (χ1) is 21.3. The summed E-state index contributed by atoms with van der Waals surface area (Å²) >= 11 is 5.20. The van der Waals surface area contributed by atoms with Crippen molar-refractivity contribution in [2.24, 2.45) is 29.4 Å². The molecule has 2 atom stereocenters. The number of carbonyl (C=O) groups excluding carboxylic acids is 2. The molecule has 0 saturated heterocycles. The molecule has 0 heterocycles. The number of amides is 1.